The highest BCUT2D eigenvalue weighted by atomic mass is 16.5. The van der Waals surface area contributed by atoms with Crippen molar-refractivity contribution < 1.29 is 19.4 Å². The Labute approximate surface area is 112 Å². The monoisotopic (exact) mass is 265 g/mol. The van der Waals surface area contributed by atoms with Crippen molar-refractivity contribution in [2.24, 2.45) is 0 Å². The van der Waals surface area contributed by atoms with Gasteiger partial charge in [-0.05, 0) is 37.5 Å². The number of carboxylic acid groups (broad SMARTS) is 1. The van der Waals surface area contributed by atoms with Crippen LogP contribution in [-0.2, 0) is 4.79 Å². The summed E-state index contributed by atoms with van der Waals surface area (Å²) in [5.41, 5.74) is 2.37. The molecule has 0 atom stereocenters. The average molecular weight is 265 g/mol. The third kappa shape index (κ3) is 4.28. The first-order valence-electron chi connectivity index (χ1n) is 6.11. The lowest BCUT2D eigenvalue weighted by Crippen LogP contribution is -2.26. The van der Waals surface area contributed by atoms with Gasteiger partial charge in [0.05, 0.1) is 12.7 Å². The van der Waals surface area contributed by atoms with Gasteiger partial charge in [0.2, 0.25) is 0 Å². The van der Waals surface area contributed by atoms with Crippen molar-refractivity contribution in [1.29, 1.82) is 0 Å². The summed E-state index contributed by atoms with van der Waals surface area (Å²) in [7, 11) is 1.52. The molecule has 0 fully saturated rings. The molecule has 0 saturated heterocycles. The topological polar surface area (TPSA) is 75.6 Å². The maximum atomic E-state index is 12.1. The second kappa shape index (κ2) is 6.78. The summed E-state index contributed by atoms with van der Waals surface area (Å²) in [6.45, 7) is 4.12. The van der Waals surface area contributed by atoms with Crippen LogP contribution in [0.2, 0.25) is 0 Å². The van der Waals surface area contributed by atoms with Crippen LogP contribution in [0.15, 0.2) is 12.1 Å². The number of aryl methyl sites for hydroxylation is 2. The number of carboxylic acids is 1. The largest absolute Gasteiger partial charge is 0.496 e. The number of ether oxygens (including phenoxy) is 1. The highest BCUT2D eigenvalue weighted by Gasteiger charge is 2.15. The van der Waals surface area contributed by atoms with Crippen molar-refractivity contribution in [3.8, 4) is 5.75 Å². The molecule has 0 bridgehead atoms. The van der Waals surface area contributed by atoms with E-state index in [4.69, 9.17) is 9.84 Å². The third-order valence-electron chi connectivity index (χ3n) is 2.74. The Hall–Kier alpha value is -2.04. The van der Waals surface area contributed by atoms with Crippen molar-refractivity contribution in [1.82, 2.24) is 5.32 Å². The first-order valence-corrected chi connectivity index (χ1v) is 6.11. The van der Waals surface area contributed by atoms with E-state index in [1.807, 2.05) is 19.9 Å². The number of carbonyl (C=O) groups is 2. The molecule has 1 aromatic carbocycles. The van der Waals surface area contributed by atoms with Gasteiger partial charge in [0.25, 0.3) is 5.91 Å². The van der Waals surface area contributed by atoms with Crippen LogP contribution in [0.5, 0.6) is 5.75 Å². The number of methoxy groups -OCH3 is 1. The number of benzene rings is 1. The van der Waals surface area contributed by atoms with Crippen molar-refractivity contribution in [2.45, 2.75) is 26.7 Å². The molecule has 0 aromatic heterocycles. The summed E-state index contributed by atoms with van der Waals surface area (Å²) in [5, 5.41) is 11.2. The standard InChI is InChI=1S/C14H19NO4/c1-9-7-10(2)13(11(8-9)19-3)14(18)15-6-4-5-12(16)17/h7-8H,4-6H2,1-3H3,(H,15,18)(H,16,17). The van der Waals surface area contributed by atoms with Crippen LogP contribution in [-0.4, -0.2) is 30.6 Å². The predicted octanol–water partition coefficient (Wildman–Crippen LogP) is 1.91. The van der Waals surface area contributed by atoms with Gasteiger partial charge < -0.3 is 15.2 Å². The van der Waals surface area contributed by atoms with Crippen molar-refractivity contribution in [3.63, 3.8) is 0 Å². The molecule has 0 spiro atoms. The molecule has 0 unspecified atom stereocenters. The van der Waals surface area contributed by atoms with Crippen LogP contribution in [0.3, 0.4) is 0 Å². The Bertz CT molecular complexity index is 483. The van der Waals surface area contributed by atoms with Gasteiger partial charge >= 0.3 is 5.97 Å². The number of amides is 1. The molecule has 1 amide bonds. The normalized spacial score (nSPS) is 10.1. The first kappa shape index (κ1) is 15.0. The summed E-state index contributed by atoms with van der Waals surface area (Å²) < 4.78 is 5.22. The SMILES string of the molecule is COc1cc(C)cc(C)c1C(=O)NCCCC(=O)O. The highest BCUT2D eigenvalue weighted by Crippen LogP contribution is 2.23. The lowest BCUT2D eigenvalue weighted by atomic mass is 10.0. The Morgan fingerprint density at radius 1 is 1.32 bits per heavy atom. The van der Waals surface area contributed by atoms with Gasteiger partial charge in [-0.1, -0.05) is 6.07 Å². The maximum absolute atomic E-state index is 12.1. The summed E-state index contributed by atoms with van der Waals surface area (Å²) in [6.07, 6.45) is 0.457. The summed E-state index contributed by atoms with van der Waals surface area (Å²) in [5.74, 6) is -0.564. The van der Waals surface area contributed by atoms with Gasteiger partial charge in [-0.3, -0.25) is 9.59 Å². The fourth-order valence-corrected chi connectivity index (χ4v) is 1.91. The van der Waals surface area contributed by atoms with Crippen molar-refractivity contribution in [3.05, 3.63) is 28.8 Å². The number of aliphatic carboxylic acids is 1. The van der Waals surface area contributed by atoms with Gasteiger partial charge in [-0.25, -0.2) is 0 Å². The number of hydrogen-bond acceptors (Lipinski definition) is 3. The molecule has 1 aromatic rings. The van der Waals surface area contributed by atoms with Crippen LogP contribution < -0.4 is 10.1 Å². The lowest BCUT2D eigenvalue weighted by Gasteiger charge is -2.12. The third-order valence-corrected chi connectivity index (χ3v) is 2.74. The highest BCUT2D eigenvalue weighted by molar-refractivity contribution is 5.98. The zero-order valence-corrected chi connectivity index (χ0v) is 11.4. The molecule has 1 rings (SSSR count). The van der Waals surface area contributed by atoms with E-state index >= 15 is 0 Å². The van der Waals surface area contributed by atoms with E-state index in [2.05, 4.69) is 5.32 Å². The maximum Gasteiger partial charge on any atom is 0.303 e. The molecular formula is C14H19NO4. The van der Waals surface area contributed by atoms with Crippen LogP contribution in [0.1, 0.15) is 34.3 Å². The average Bonchev–Trinajstić information content (AvgIpc) is 2.33. The van der Waals surface area contributed by atoms with Crippen LogP contribution in [0, 0.1) is 13.8 Å². The van der Waals surface area contributed by atoms with Gasteiger partial charge in [0, 0.05) is 13.0 Å². The second-order valence-electron chi connectivity index (χ2n) is 4.41. The molecule has 0 aliphatic heterocycles. The molecule has 0 radical (unpaired) electrons. The van der Waals surface area contributed by atoms with Crippen molar-refractivity contribution >= 4 is 11.9 Å². The molecule has 0 aliphatic rings. The van der Waals surface area contributed by atoms with E-state index < -0.39 is 5.97 Å². The number of rotatable bonds is 6. The van der Waals surface area contributed by atoms with E-state index in [1.54, 1.807) is 6.07 Å². The lowest BCUT2D eigenvalue weighted by molar-refractivity contribution is -0.137. The molecule has 2 N–H and O–H groups in total. The molecular weight excluding hydrogens is 246 g/mol. The van der Waals surface area contributed by atoms with Crippen LogP contribution >= 0.6 is 0 Å². The van der Waals surface area contributed by atoms with Gasteiger partial charge in [0.15, 0.2) is 0 Å². The van der Waals surface area contributed by atoms with Gasteiger partial charge in [0.1, 0.15) is 5.75 Å². The van der Waals surface area contributed by atoms with E-state index in [9.17, 15) is 9.59 Å². The second-order valence-corrected chi connectivity index (χ2v) is 4.41. The van der Waals surface area contributed by atoms with E-state index in [0.29, 0.717) is 24.3 Å². The van der Waals surface area contributed by atoms with Crippen LogP contribution in [0.4, 0.5) is 0 Å². The zero-order valence-electron chi connectivity index (χ0n) is 11.4. The number of carbonyl (C=O) groups excluding carboxylic acids is 1. The minimum absolute atomic E-state index is 0.0459. The smallest absolute Gasteiger partial charge is 0.303 e. The summed E-state index contributed by atoms with van der Waals surface area (Å²) in [4.78, 5) is 22.4. The fraction of sp³-hybridized carbons (Fsp3) is 0.429. The quantitative estimate of drug-likeness (QED) is 0.770. The minimum atomic E-state index is -0.863. The molecule has 5 nitrogen and oxygen atoms in total. The molecule has 0 saturated carbocycles. The number of hydrogen-bond donors (Lipinski definition) is 2. The Morgan fingerprint density at radius 3 is 2.58 bits per heavy atom. The molecule has 19 heavy (non-hydrogen) atoms. The first-order chi connectivity index (χ1) is 8.95. The molecule has 0 heterocycles. The molecule has 5 heteroatoms. The van der Waals surface area contributed by atoms with Gasteiger partial charge in [-0.2, -0.15) is 0 Å². The Kier molecular flexibility index (Phi) is 5.36. The minimum Gasteiger partial charge on any atom is -0.496 e. The van der Waals surface area contributed by atoms with E-state index in [-0.39, 0.29) is 12.3 Å². The Balaban J connectivity index is 2.74. The zero-order chi connectivity index (χ0) is 14.4. The molecule has 104 valence electrons. The van der Waals surface area contributed by atoms with Gasteiger partial charge in [-0.15, -0.1) is 0 Å². The number of nitrogens with one attached hydrogen (secondary N) is 1. The fourth-order valence-electron chi connectivity index (χ4n) is 1.91. The predicted molar refractivity (Wildman–Crippen MR) is 71.7 cm³/mol. The van der Waals surface area contributed by atoms with Crippen molar-refractivity contribution in [2.75, 3.05) is 13.7 Å². The van der Waals surface area contributed by atoms with E-state index in [1.165, 1.54) is 7.11 Å². The Morgan fingerprint density at radius 2 is 2.00 bits per heavy atom. The van der Waals surface area contributed by atoms with E-state index in [0.717, 1.165) is 11.1 Å². The summed E-state index contributed by atoms with van der Waals surface area (Å²) >= 11 is 0. The summed E-state index contributed by atoms with van der Waals surface area (Å²) in [6, 6.07) is 3.72. The molecule has 0 aliphatic carbocycles. The van der Waals surface area contributed by atoms with Crippen LogP contribution in [0.25, 0.3) is 0 Å².